The lowest BCUT2D eigenvalue weighted by atomic mass is 10.00. The standard InChI is InChI=1S/C16H27NOS/c1-4-5-6-11-19(18)12-16(17)15-9-7-14(8-10-15)13(2)3/h7-10,13,16H,4-6,11-12,17H2,1-3H3. The Kier molecular flexibility index (Phi) is 7.32. The molecule has 0 aromatic heterocycles. The van der Waals surface area contributed by atoms with Crippen LogP contribution >= 0.6 is 0 Å². The number of rotatable bonds is 8. The van der Waals surface area contributed by atoms with Gasteiger partial charge in [-0.05, 0) is 23.5 Å². The van der Waals surface area contributed by atoms with E-state index in [1.54, 1.807) is 0 Å². The van der Waals surface area contributed by atoms with E-state index in [0.717, 1.165) is 24.2 Å². The molecule has 0 amide bonds. The highest BCUT2D eigenvalue weighted by Crippen LogP contribution is 2.18. The van der Waals surface area contributed by atoms with Gasteiger partial charge in [0.25, 0.3) is 0 Å². The minimum Gasteiger partial charge on any atom is -0.323 e. The largest absolute Gasteiger partial charge is 0.323 e. The van der Waals surface area contributed by atoms with Gasteiger partial charge >= 0.3 is 0 Å². The van der Waals surface area contributed by atoms with Gasteiger partial charge in [0.2, 0.25) is 0 Å². The molecule has 0 saturated heterocycles. The molecular formula is C16H27NOS. The van der Waals surface area contributed by atoms with Crippen LogP contribution < -0.4 is 5.73 Å². The molecule has 0 heterocycles. The van der Waals surface area contributed by atoms with Crippen molar-refractivity contribution in [2.24, 2.45) is 5.73 Å². The lowest BCUT2D eigenvalue weighted by Gasteiger charge is -2.13. The molecule has 2 unspecified atom stereocenters. The van der Waals surface area contributed by atoms with Gasteiger partial charge in [-0.1, -0.05) is 57.9 Å². The summed E-state index contributed by atoms with van der Waals surface area (Å²) in [6, 6.07) is 8.29. The Balaban J connectivity index is 2.48. The van der Waals surface area contributed by atoms with Crippen molar-refractivity contribution >= 4 is 10.8 Å². The van der Waals surface area contributed by atoms with Crippen LogP contribution in [-0.4, -0.2) is 15.7 Å². The van der Waals surface area contributed by atoms with Crippen molar-refractivity contribution in [2.45, 2.75) is 52.0 Å². The van der Waals surface area contributed by atoms with Crippen molar-refractivity contribution < 1.29 is 4.21 Å². The zero-order valence-electron chi connectivity index (χ0n) is 12.4. The highest BCUT2D eigenvalue weighted by Gasteiger charge is 2.10. The lowest BCUT2D eigenvalue weighted by molar-refractivity contribution is 0.668. The van der Waals surface area contributed by atoms with Crippen LogP contribution in [0.25, 0.3) is 0 Å². The fraction of sp³-hybridized carbons (Fsp3) is 0.625. The maximum absolute atomic E-state index is 11.9. The molecule has 0 fully saturated rings. The lowest BCUT2D eigenvalue weighted by Crippen LogP contribution is -2.19. The van der Waals surface area contributed by atoms with Gasteiger partial charge < -0.3 is 5.73 Å². The molecule has 2 nitrogen and oxygen atoms in total. The van der Waals surface area contributed by atoms with E-state index < -0.39 is 10.8 Å². The van der Waals surface area contributed by atoms with Gasteiger partial charge in [-0.3, -0.25) is 4.21 Å². The maximum atomic E-state index is 11.9. The third-order valence-corrected chi connectivity index (χ3v) is 4.85. The second-order valence-electron chi connectivity index (χ2n) is 5.45. The number of unbranched alkanes of at least 4 members (excludes halogenated alkanes) is 2. The predicted octanol–water partition coefficient (Wildman–Crippen LogP) is 3.75. The van der Waals surface area contributed by atoms with Crippen molar-refractivity contribution in [3.05, 3.63) is 35.4 Å². The molecule has 2 atom stereocenters. The SMILES string of the molecule is CCCCCS(=O)CC(N)c1ccc(C(C)C)cc1. The van der Waals surface area contributed by atoms with E-state index in [2.05, 4.69) is 45.0 Å². The predicted molar refractivity (Wildman–Crippen MR) is 84.9 cm³/mol. The van der Waals surface area contributed by atoms with Crippen LogP contribution in [0.1, 0.15) is 63.1 Å². The summed E-state index contributed by atoms with van der Waals surface area (Å²) in [4.78, 5) is 0. The van der Waals surface area contributed by atoms with E-state index in [9.17, 15) is 4.21 Å². The summed E-state index contributed by atoms with van der Waals surface area (Å²) < 4.78 is 11.9. The van der Waals surface area contributed by atoms with Gasteiger partial charge in [0, 0.05) is 28.3 Å². The molecule has 0 saturated carbocycles. The van der Waals surface area contributed by atoms with Crippen LogP contribution in [0, 0.1) is 0 Å². The van der Waals surface area contributed by atoms with E-state index >= 15 is 0 Å². The zero-order valence-corrected chi connectivity index (χ0v) is 13.2. The summed E-state index contributed by atoms with van der Waals surface area (Å²) in [6.07, 6.45) is 3.37. The van der Waals surface area contributed by atoms with Gasteiger partial charge in [0.1, 0.15) is 0 Å². The molecule has 0 aliphatic rings. The molecule has 2 N–H and O–H groups in total. The summed E-state index contributed by atoms with van der Waals surface area (Å²) in [6.45, 7) is 6.51. The monoisotopic (exact) mass is 281 g/mol. The fourth-order valence-corrected chi connectivity index (χ4v) is 3.31. The summed E-state index contributed by atoms with van der Waals surface area (Å²) in [5.41, 5.74) is 8.54. The Morgan fingerprint density at radius 1 is 1.11 bits per heavy atom. The molecule has 19 heavy (non-hydrogen) atoms. The Morgan fingerprint density at radius 3 is 2.21 bits per heavy atom. The third kappa shape index (κ3) is 5.87. The summed E-state index contributed by atoms with van der Waals surface area (Å²) in [7, 11) is -0.791. The molecular weight excluding hydrogens is 254 g/mol. The second-order valence-corrected chi connectivity index (χ2v) is 7.07. The minimum atomic E-state index is -0.791. The van der Waals surface area contributed by atoms with Gasteiger partial charge in [0.05, 0.1) is 0 Å². The van der Waals surface area contributed by atoms with Crippen molar-refractivity contribution in [1.29, 1.82) is 0 Å². The molecule has 3 heteroatoms. The normalized spacial score (nSPS) is 14.6. The van der Waals surface area contributed by atoms with Crippen LogP contribution in [0.3, 0.4) is 0 Å². The molecule has 1 rings (SSSR count). The van der Waals surface area contributed by atoms with Crippen LogP contribution in [0.5, 0.6) is 0 Å². The van der Waals surface area contributed by atoms with Crippen LogP contribution in [0.15, 0.2) is 24.3 Å². The van der Waals surface area contributed by atoms with E-state index in [-0.39, 0.29) is 6.04 Å². The molecule has 0 radical (unpaired) electrons. The van der Waals surface area contributed by atoms with E-state index in [0.29, 0.717) is 11.7 Å². The first-order valence-electron chi connectivity index (χ1n) is 7.25. The Labute approximate surface area is 120 Å². The Bertz CT molecular complexity index is 386. The van der Waals surface area contributed by atoms with E-state index in [1.807, 2.05) is 0 Å². The quantitative estimate of drug-likeness (QED) is 0.737. The van der Waals surface area contributed by atoms with Gasteiger partial charge in [-0.2, -0.15) is 0 Å². The average molecular weight is 281 g/mol. The van der Waals surface area contributed by atoms with Crippen LogP contribution in [0.2, 0.25) is 0 Å². The van der Waals surface area contributed by atoms with Crippen LogP contribution in [0.4, 0.5) is 0 Å². The van der Waals surface area contributed by atoms with Crippen molar-refractivity contribution in [1.82, 2.24) is 0 Å². The summed E-state index contributed by atoms with van der Waals surface area (Å²) >= 11 is 0. The number of benzene rings is 1. The first-order valence-corrected chi connectivity index (χ1v) is 8.73. The van der Waals surface area contributed by atoms with Crippen molar-refractivity contribution in [3.63, 3.8) is 0 Å². The number of hydrogen-bond acceptors (Lipinski definition) is 2. The van der Waals surface area contributed by atoms with E-state index in [1.165, 1.54) is 12.0 Å². The highest BCUT2D eigenvalue weighted by atomic mass is 32.2. The fourth-order valence-electron chi connectivity index (χ4n) is 2.02. The maximum Gasteiger partial charge on any atom is 0.0428 e. The van der Waals surface area contributed by atoms with Crippen LogP contribution in [-0.2, 0) is 10.8 Å². The Hall–Kier alpha value is -0.670. The number of hydrogen-bond donors (Lipinski definition) is 1. The first kappa shape index (κ1) is 16.4. The summed E-state index contributed by atoms with van der Waals surface area (Å²) in [5, 5.41) is 0. The first-order chi connectivity index (χ1) is 9.04. The van der Waals surface area contributed by atoms with Gasteiger partial charge in [0.15, 0.2) is 0 Å². The second kappa shape index (κ2) is 8.49. The van der Waals surface area contributed by atoms with Gasteiger partial charge in [-0.15, -0.1) is 0 Å². The molecule has 0 bridgehead atoms. The zero-order chi connectivity index (χ0) is 14.3. The molecule has 1 aromatic rings. The molecule has 0 aliphatic heterocycles. The molecule has 0 aliphatic carbocycles. The molecule has 108 valence electrons. The van der Waals surface area contributed by atoms with Crippen molar-refractivity contribution in [2.75, 3.05) is 11.5 Å². The summed E-state index contributed by atoms with van der Waals surface area (Å²) in [5.74, 6) is 1.89. The molecule has 0 spiro atoms. The topological polar surface area (TPSA) is 43.1 Å². The minimum absolute atomic E-state index is 0.108. The van der Waals surface area contributed by atoms with Crippen molar-refractivity contribution in [3.8, 4) is 0 Å². The average Bonchev–Trinajstić information content (AvgIpc) is 2.39. The van der Waals surface area contributed by atoms with Gasteiger partial charge in [-0.25, -0.2) is 0 Å². The highest BCUT2D eigenvalue weighted by molar-refractivity contribution is 7.85. The van der Waals surface area contributed by atoms with E-state index in [4.69, 9.17) is 5.73 Å². The Morgan fingerprint density at radius 2 is 1.68 bits per heavy atom. The molecule has 1 aromatic carbocycles. The number of nitrogens with two attached hydrogens (primary N) is 1. The third-order valence-electron chi connectivity index (χ3n) is 3.37. The smallest absolute Gasteiger partial charge is 0.0428 e.